The molecule has 1 saturated carbocycles. The quantitative estimate of drug-likeness (QED) is 0.563. The van der Waals surface area contributed by atoms with Crippen LogP contribution in [0.15, 0.2) is 0 Å². The smallest absolute Gasteiger partial charge is 0.160 e. The van der Waals surface area contributed by atoms with Gasteiger partial charge in [0.05, 0.1) is 0 Å². The molecule has 2 unspecified atom stereocenters. The van der Waals surface area contributed by atoms with Crippen LogP contribution in [0.5, 0.6) is 0 Å². The molecule has 0 amide bonds. The van der Waals surface area contributed by atoms with Gasteiger partial charge in [0.15, 0.2) is 6.29 Å². The van der Waals surface area contributed by atoms with Crippen molar-refractivity contribution < 1.29 is 19.4 Å². The number of rotatable bonds is 4. The Morgan fingerprint density at radius 2 is 1.85 bits per heavy atom. The maximum atomic E-state index is 10.7. The van der Waals surface area contributed by atoms with E-state index in [1.54, 1.807) is 0 Å². The van der Waals surface area contributed by atoms with E-state index in [1.165, 1.54) is 14.2 Å². The molecule has 0 aromatic rings. The molecule has 4 heteroatoms. The number of carbonyl (C=O) groups excluding carboxylic acids is 1. The third-order valence-corrected chi connectivity index (χ3v) is 2.92. The third kappa shape index (κ3) is 1.56. The average Bonchev–Trinajstić information content (AvgIpc) is 2.57. The van der Waals surface area contributed by atoms with E-state index in [9.17, 15) is 9.90 Å². The highest BCUT2D eigenvalue weighted by Crippen LogP contribution is 2.60. The topological polar surface area (TPSA) is 58.6 Å². The predicted octanol–water partition coefficient (Wildman–Crippen LogP) is -0.373. The molecular formula is C9H15O4-. The number of carboxylic acids is 1. The van der Waals surface area contributed by atoms with Crippen molar-refractivity contribution >= 4 is 5.97 Å². The summed E-state index contributed by atoms with van der Waals surface area (Å²) in [4.78, 5) is 10.7. The zero-order valence-electron chi connectivity index (χ0n) is 8.37. The van der Waals surface area contributed by atoms with Crippen LogP contribution in [0, 0.1) is 17.3 Å². The number of carbonyl (C=O) groups is 1. The summed E-state index contributed by atoms with van der Waals surface area (Å²) >= 11 is 0. The van der Waals surface area contributed by atoms with Gasteiger partial charge in [0.25, 0.3) is 0 Å². The summed E-state index contributed by atoms with van der Waals surface area (Å²) < 4.78 is 10.1. The second kappa shape index (κ2) is 3.27. The minimum atomic E-state index is -1.02. The molecule has 0 radical (unpaired) electrons. The molecule has 0 aromatic heterocycles. The highest BCUT2D eigenvalue weighted by atomic mass is 16.7. The summed E-state index contributed by atoms with van der Waals surface area (Å²) in [6.45, 7) is 3.76. The van der Waals surface area contributed by atoms with Crippen molar-refractivity contribution in [3.63, 3.8) is 0 Å². The Morgan fingerprint density at radius 3 is 2.08 bits per heavy atom. The van der Waals surface area contributed by atoms with Gasteiger partial charge in [-0.3, -0.25) is 0 Å². The Kier molecular flexibility index (Phi) is 2.63. The van der Waals surface area contributed by atoms with Gasteiger partial charge in [0.1, 0.15) is 0 Å². The highest BCUT2D eigenvalue weighted by molar-refractivity contribution is 5.73. The fourth-order valence-electron chi connectivity index (χ4n) is 2.03. The van der Waals surface area contributed by atoms with Gasteiger partial charge in [0.2, 0.25) is 0 Å². The molecule has 2 atom stereocenters. The Hall–Kier alpha value is -0.610. The van der Waals surface area contributed by atoms with Crippen LogP contribution in [-0.4, -0.2) is 26.5 Å². The number of ether oxygens (including phenoxy) is 2. The SMILES string of the molecule is COC(OC)C1C(C(=O)[O-])C1(C)C. The first-order valence-electron chi connectivity index (χ1n) is 4.23. The van der Waals surface area contributed by atoms with Crippen LogP contribution in [0.25, 0.3) is 0 Å². The number of methoxy groups -OCH3 is 2. The van der Waals surface area contributed by atoms with E-state index in [0.717, 1.165) is 0 Å². The zero-order chi connectivity index (χ0) is 10.2. The largest absolute Gasteiger partial charge is 0.550 e. The summed E-state index contributed by atoms with van der Waals surface area (Å²) in [6, 6.07) is 0. The molecule has 76 valence electrons. The van der Waals surface area contributed by atoms with E-state index < -0.39 is 18.2 Å². The van der Waals surface area contributed by atoms with Crippen LogP contribution in [0.3, 0.4) is 0 Å². The molecule has 1 aliphatic rings. The zero-order valence-corrected chi connectivity index (χ0v) is 8.37. The van der Waals surface area contributed by atoms with Crippen LogP contribution < -0.4 is 5.11 Å². The average molecular weight is 187 g/mol. The van der Waals surface area contributed by atoms with E-state index in [-0.39, 0.29) is 11.3 Å². The Balaban J connectivity index is 2.69. The summed E-state index contributed by atoms with van der Waals surface area (Å²) in [6.07, 6.45) is -0.446. The van der Waals surface area contributed by atoms with Crippen LogP contribution >= 0.6 is 0 Å². The van der Waals surface area contributed by atoms with Gasteiger partial charge in [-0.05, 0) is 5.41 Å². The predicted molar refractivity (Wildman–Crippen MR) is 43.6 cm³/mol. The number of carboxylic acid groups (broad SMARTS) is 1. The van der Waals surface area contributed by atoms with E-state index in [0.29, 0.717) is 0 Å². The van der Waals surface area contributed by atoms with Crippen molar-refractivity contribution in [1.82, 2.24) is 0 Å². The Bertz CT molecular complexity index is 208. The monoisotopic (exact) mass is 187 g/mol. The lowest BCUT2D eigenvalue weighted by Crippen LogP contribution is -2.28. The van der Waals surface area contributed by atoms with Crippen molar-refractivity contribution in [2.75, 3.05) is 14.2 Å². The maximum Gasteiger partial charge on any atom is 0.160 e. The molecule has 0 aliphatic heterocycles. The second-order valence-corrected chi connectivity index (χ2v) is 3.98. The van der Waals surface area contributed by atoms with Crippen molar-refractivity contribution in [1.29, 1.82) is 0 Å². The lowest BCUT2D eigenvalue weighted by molar-refractivity contribution is -0.309. The molecule has 0 heterocycles. The third-order valence-electron chi connectivity index (χ3n) is 2.92. The fraction of sp³-hybridized carbons (Fsp3) is 0.889. The Morgan fingerprint density at radius 1 is 1.38 bits per heavy atom. The molecule has 1 fully saturated rings. The van der Waals surface area contributed by atoms with Crippen molar-refractivity contribution in [3.05, 3.63) is 0 Å². The van der Waals surface area contributed by atoms with Gasteiger partial charge >= 0.3 is 0 Å². The van der Waals surface area contributed by atoms with E-state index >= 15 is 0 Å². The number of hydrogen-bond donors (Lipinski definition) is 0. The minimum absolute atomic E-state index is 0.104. The Labute approximate surface area is 77.8 Å². The maximum absolute atomic E-state index is 10.7. The van der Waals surface area contributed by atoms with Crippen LogP contribution in [-0.2, 0) is 14.3 Å². The number of aliphatic carboxylic acids is 1. The summed E-state index contributed by atoms with van der Waals surface area (Å²) in [5.41, 5.74) is -0.282. The first kappa shape index (κ1) is 10.5. The highest BCUT2D eigenvalue weighted by Gasteiger charge is 2.62. The van der Waals surface area contributed by atoms with Crippen molar-refractivity contribution in [2.45, 2.75) is 20.1 Å². The standard InChI is InChI=1S/C9H16O4/c1-9(2)5(7(10)11)6(9)8(12-3)13-4/h5-6,8H,1-4H3,(H,10,11)/p-1. The van der Waals surface area contributed by atoms with Crippen molar-refractivity contribution in [2.24, 2.45) is 17.3 Å². The molecule has 4 nitrogen and oxygen atoms in total. The molecule has 13 heavy (non-hydrogen) atoms. The molecule has 0 spiro atoms. The summed E-state index contributed by atoms with van der Waals surface area (Å²) in [5.74, 6) is -1.58. The fourth-order valence-corrected chi connectivity index (χ4v) is 2.03. The lowest BCUT2D eigenvalue weighted by Gasteiger charge is -2.14. The second-order valence-electron chi connectivity index (χ2n) is 3.98. The summed E-state index contributed by atoms with van der Waals surface area (Å²) in [5, 5.41) is 10.7. The van der Waals surface area contributed by atoms with E-state index in [1.807, 2.05) is 13.8 Å². The van der Waals surface area contributed by atoms with Gasteiger partial charge in [0, 0.05) is 32.0 Å². The summed E-state index contributed by atoms with van der Waals surface area (Å²) in [7, 11) is 3.02. The molecule has 1 rings (SSSR count). The lowest BCUT2D eigenvalue weighted by atomic mass is 10.1. The van der Waals surface area contributed by atoms with Gasteiger partial charge in [-0.15, -0.1) is 0 Å². The first-order chi connectivity index (χ1) is 5.96. The minimum Gasteiger partial charge on any atom is -0.550 e. The van der Waals surface area contributed by atoms with Crippen LogP contribution in [0.2, 0.25) is 0 Å². The van der Waals surface area contributed by atoms with E-state index in [2.05, 4.69) is 0 Å². The molecule has 0 N–H and O–H groups in total. The van der Waals surface area contributed by atoms with E-state index in [4.69, 9.17) is 9.47 Å². The van der Waals surface area contributed by atoms with Crippen LogP contribution in [0.4, 0.5) is 0 Å². The molecular weight excluding hydrogens is 172 g/mol. The normalized spacial score (nSPS) is 30.5. The number of hydrogen-bond acceptors (Lipinski definition) is 4. The van der Waals surface area contributed by atoms with Crippen LogP contribution in [0.1, 0.15) is 13.8 Å². The molecule has 0 bridgehead atoms. The van der Waals surface area contributed by atoms with Gasteiger partial charge < -0.3 is 19.4 Å². The van der Waals surface area contributed by atoms with Gasteiger partial charge in [-0.1, -0.05) is 13.8 Å². The van der Waals surface area contributed by atoms with Gasteiger partial charge in [-0.2, -0.15) is 0 Å². The molecule has 1 aliphatic carbocycles. The van der Waals surface area contributed by atoms with Crippen molar-refractivity contribution in [3.8, 4) is 0 Å². The molecule has 0 aromatic carbocycles. The first-order valence-corrected chi connectivity index (χ1v) is 4.23. The van der Waals surface area contributed by atoms with Gasteiger partial charge in [-0.25, -0.2) is 0 Å². The molecule has 0 saturated heterocycles.